The standard InChI is InChI=1S/C21H44O5Si2/c1-17(16-27(23-8,24-9)25-10)19(22)26-28(20(2,3)4,21(5,6)7)18-14-12-11-13-15-18/h17-18H,11-16H2,1-10H3. The van der Waals surface area contributed by atoms with Crippen LogP contribution in [0.3, 0.4) is 0 Å². The largest absolute Gasteiger partial charge is 0.517 e. The molecule has 0 aromatic rings. The van der Waals surface area contributed by atoms with Crippen molar-refractivity contribution in [3.05, 3.63) is 0 Å². The van der Waals surface area contributed by atoms with Crippen LogP contribution in [0, 0.1) is 5.92 Å². The topological polar surface area (TPSA) is 54.0 Å². The van der Waals surface area contributed by atoms with Gasteiger partial charge in [0, 0.05) is 27.4 Å². The maximum absolute atomic E-state index is 13.4. The van der Waals surface area contributed by atoms with Crippen LogP contribution in [0.5, 0.6) is 0 Å². The van der Waals surface area contributed by atoms with Crippen LogP contribution in [-0.2, 0) is 22.5 Å². The van der Waals surface area contributed by atoms with Gasteiger partial charge >= 0.3 is 8.80 Å². The Morgan fingerprint density at radius 3 is 1.68 bits per heavy atom. The van der Waals surface area contributed by atoms with Crippen LogP contribution >= 0.6 is 0 Å². The lowest BCUT2D eigenvalue weighted by molar-refractivity contribution is -0.140. The molecule has 166 valence electrons. The summed E-state index contributed by atoms with van der Waals surface area (Å²) in [5.74, 6) is -0.447. The lowest BCUT2D eigenvalue weighted by Crippen LogP contribution is -2.60. The summed E-state index contributed by atoms with van der Waals surface area (Å²) in [6, 6.07) is 0.429. The molecule has 0 N–H and O–H groups in total. The average molecular weight is 433 g/mol. The van der Waals surface area contributed by atoms with Gasteiger partial charge in [0.1, 0.15) is 0 Å². The molecule has 28 heavy (non-hydrogen) atoms. The Bertz CT molecular complexity index is 478. The smallest absolute Gasteiger partial charge is 0.501 e. The molecule has 1 atom stereocenters. The van der Waals surface area contributed by atoms with E-state index in [-0.39, 0.29) is 22.0 Å². The molecule has 1 aliphatic rings. The Balaban J connectivity index is 3.23. The van der Waals surface area contributed by atoms with Gasteiger partial charge in [-0.1, -0.05) is 67.7 Å². The summed E-state index contributed by atoms with van der Waals surface area (Å²) >= 11 is 0. The summed E-state index contributed by atoms with van der Waals surface area (Å²) in [4.78, 5) is 13.4. The van der Waals surface area contributed by atoms with Crippen LogP contribution in [-0.4, -0.2) is 44.4 Å². The van der Waals surface area contributed by atoms with Crippen molar-refractivity contribution >= 4 is 23.1 Å². The second kappa shape index (κ2) is 9.73. The summed E-state index contributed by atoms with van der Waals surface area (Å²) in [6.45, 7) is 15.5. The maximum atomic E-state index is 13.4. The molecule has 0 heterocycles. The predicted molar refractivity (Wildman–Crippen MR) is 119 cm³/mol. The van der Waals surface area contributed by atoms with Crippen molar-refractivity contribution in [3.63, 3.8) is 0 Å². The van der Waals surface area contributed by atoms with E-state index in [9.17, 15) is 4.79 Å². The second-order valence-electron chi connectivity index (χ2n) is 10.4. The Labute approximate surface area is 175 Å². The van der Waals surface area contributed by atoms with E-state index in [1.165, 1.54) is 32.1 Å². The Morgan fingerprint density at radius 1 is 0.893 bits per heavy atom. The predicted octanol–water partition coefficient (Wildman–Crippen LogP) is 5.92. The van der Waals surface area contributed by atoms with E-state index in [4.69, 9.17) is 17.7 Å². The lowest BCUT2D eigenvalue weighted by atomic mass is 10.00. The molecular weight excluding hydrogens is 388 g/mol. The summed E-state index contributed by atoms with van der Waals surface area (Å²) in [7, 11) is -0.564. The van der Waals surface area contributed by atoms with Gasteiger partial charge in [-0.2, -0.15) is 0 Å². The molecule has 1 fully saturated rings. The minimum Gasteiger partial charge on any atom is -0.517 e. The van der Waals surface area contributed by atoms with E-state index in [0.717, 1.165) is 0 Å². The van der Waals surface area contributed by atoms with E-state index >= 15 is 0 Å². The van der Waals surface area contributed by atoms with Gasteiger partial charge < -0.3 is 17.7 Å². The van der Waals surface area contributed by atoms with E-state index in [2.05, 4.69) is 41.5 Å². The van der Waals surface area contributed by atoms with Gasteiger partial charge in [-0.25, -0.2) is 0 Å². The molecule has 0 aliphatic heterocycles. The first-order chi connectivity index (χ1) is 12.8. The van der Waals surface area contributed by atoms with Gasteiger partial charge in [0.15, 0.2) is 0 Å². The molecule has 0 amide bonds. The number of carbonyl (C=O) groups is 1. The molecule has 0 aromatic heterocycles. The summed E-state index contributed by atoms with van der Waals surface area (Å²) in [5, 5.41) is -0.0815. The fraction of sp³-hybridized carbons (Fsp3) is 0.952. The fourth-order valence-corrected chi connectivity index (χ4v) is 14.6. The number of carbonyl (C=O) groups excluding carboxylic acids is 1. The highest BCUT2D eigenvalue weighted by Gasteiger charge is 2.62. The third kappa shape index (κ3) is 5.28. The Hall–Kier alpha value is -0.216. The lowest BCUT2D eigenvalue weighted by Gasteiger charge is -2.55. The molecule has 0 radical (unpaired) electrons. The second-order valence-corrected chi connectivity index (χ2v) is 18.9. The van der Waals surface area contributed by atoms with Gasteiger partial charge in [0.05, 0.1) is 5.92 Å². The minimum atomic E-state index is -2.84. The minimum absolute atomic E-state index is 0.0408. The molecule has 1 saturated carbocycles. The molecule has 1 rings (SSSR count). The zero-order valence-electron chi connectivity index (χ0n) is 19.9. The normalized spacial score (nSPS) is 18.8. The third-order valence-electron chi connectivity index (χ3n) is 6.56. The highest BCUT2D eigenvalue weighted by atomic mass is 28.4. The van der Waals surface area contributed by atoms with E-state index in [1.54, 1.807) is 21.3 Å². The van der Waals surface area contributed by atoms with Gasteiger partial charge in [-0.3, -0.25) is 4.79 Å². The van der Waals surface area contributed by atoms with Gasteiger partial charge in [-0.05, 0) is 28.5 Å². The van der Waals surface area contributed by atoms with E-state index in [0.29, 0.717) is 11.6 Å². The van der Waals surface area contributed by atoms with Gasteiger partial charge in [0.25, 0.3) is 14.3 Å². The van der Waals surface area contributed by atoms with Crippen LogP contribution in [0.2, 0.25) is 21.7 Å². The molecule has 5 nitrogen and oxygen atoms in total. The molecular formula is C21H44O5Si2. The molecule has 0 spiro atoms. The molecule has 1 unspecified atom stereocenters. The molecule has 7 heteroatoms. The van der Waals surface area contributed by atoms with Crippen LogP contribution in [0.4, 0.5) is 0 Å². The van der Waals surface area contributed by atoms with Crippen molar-refractivity contribution in [3.8, 4) is 0 Å². The third-order valence-corrected chi connectivity index (χ3v) is 16.2. The summed E-state index contributed by atoms with van der Waals surface area (Å²) in [6.07, 6.45) is 6.13. The van der Waals surface area contributed by atoms with Gasteiger partial charge in [0.2, 0.25) is 0 Å². The van der Waals surface area contributed by atoms with Crippen molar-refractivity contribution in [2.45, 2.75) is 102 Å². The van der Waals surface area contributed by atoms with Crippen molar-refractivity contribution in [2.75, 3.05) is 21.3 Å². The molecule has 0 bridgehead atoms. The van der Waals surface area contributed by atoms with Crippen molar-refractivity contribution in [1.29, 1.82) is 0 Å². The first kappa shape index (κ1) is 25.8. The molecule has 0 saturated heterocycles. The van der Waals surface area contributed by atoms with Crippen molar-refractivity contribution < 1.29 is 22.5 Å². The molecule has 1 aliphatic carbocycles. The van der Waals surface area contributed by atoms with Crippen molar-refractivity contribution in [1.82, 2.24) is 0 Å². The highest BCUT2D eigenvalue weighted by molar-refractivity contribution is 6.82. The monoisotopic (exact) mass is 432 g/mol. The van der Waals surface area contributed by atoms with Crippen LogP contribution in [0.25, 0.3) is 0 Å². The summed E-state index contributed by atoms with van der Waals surface area (Å²) in [5.41, 5.74) is 0.506. The zero-order valence-corrected chi connectivity index (χ0v) is 21.9. The first-order valence-electron chi connectivity index (χ1n) is 10.7. The molecule has 0 aromatic carbocycles. The summed E-state index contributed by atoms with van der Waals surface area (Å²) < 4.78 is 23.3. The first-order valence-corrected chi connectivity index (χ1v) is 14.6. The van der Waals surface area contributed by atoms with Gasteiger partial charge in [-0.15, -0.1) is 0 Å². The number of rotatable bonds is 8. The average Bonchev–Trinajstić information content (AvgIpc) is 2.62. The quantitative estimate of drug-likeness (QED) is 0.445. The van der Waals surface area contributed by atoms with Crippen LogP contribution in [0.1, 0.15) is 80.6 Å². The number of hydrogen-bond donors (Lipinski definition) is 0. The highest BCUT2D eigenvalue weighted by Crippen LogP contribution is 2.60. The van der Waals surface area contributed by atoms with Crippen LogP contribution in [0.15, 0.2) is 0 Å². The SMILES string of the molecule is CO[Si](CC(C)C(=O)O[Si](C1CCCCC1)(C(C)(C)C)C(C)(C)C)(OC)OC. The fourth-order valence-electron chi connectivity index (χ4n) is 5.47. The van der Waals surface area contributed by atoms with E-state index < -0.39 is 17.1 Å². The zero-order chi connectivity index (χ0) is 21.8. The Kier molecular flexibility index (Phi) is 8.97. The van der Waals surface area contributed by atoms with Crippen LogP contribution < -0.4 is 0 Å². The van der Waals surface area contributed by atoms with E-state index in [1.807, 2.05) is 6.92 Å². The number of hydrogen-bond acceptors (Lipinski definition) is 5. The maximum Gasteiger partial charge on any atom is 0.501 e. The Morgan fingerprint density at radius 2 is 1.32 bits per heavy atom. The van der Waals surface area contributed by atoms with Crippen molar-refractivity contribution in [2.24, 2.45) is 5.92 Å².